The van der Waals surface area contributed by atoms with E-state index >= 15 is 43.2 Å². The van der Waals surface area contributed by atoms with Crippen molar-refractivity contribution in [2.45, 2.75) is 339 Å². The van der Waals surface area contributed by atoms with Gasteiger partial charge in [0.25, 0.3) is 0 Å². The first kappa shape index (κ1) is 120. The number of amides is 16. The van der Waals surface area contributed by atoms with E-state index in [1.165, 1.54) is 72.9 Å². The van der Waals surface area contributed by atoms with Gasteiger partial charge in [0, 0.05) is 119 Å². The number of nitrogens with zero attached hydrogens (tertiary/aromatic N) is 6. The van der Waals surface area contributed by atoms with Crippen LogP contribution in [0.5, 0.6) is 5.75 Å². The number of Topliss-reactive ketones (excluding diaryl/α,β-unsaturated/α-hetero) is 1. The molecule has 0 saturated carbocycles. The average Bonchev–Trinajstić information content (AvgIpc) is 1.65. The van der Waals surface area contributed by atoms with Crippen LogP contribution in [0.1, 0.15) is 239 Å². The van der Waals surface area contributed by atoms with Gasteiger partial charge in [0.05, 0.1) is 18.3 Å². The molecule has 0 unspecified atom stereocenters. The molecule has 0 bridgehead atoms. The zero-order valence-corrected chi connectivity index (χ0v) is 87.9. The zero-order chi connectivity index (χ0) is 108. The van der Waals surface area contributed by atoms with Crippen LogP contribution in [0.2, 0.25) is 0 Å². The van der Waals surface area contributed by atoms with Crippen molar-refractivity contribution in [1.82, 2.24) is 87.2 Å². The molecular formula is C105H158N20O21S. The van der Waals surface area contributed by atoms with Gasteiger partial charge in [0.1, 0.15) is 103 Å². The summed E-state index contributed by atoms with van der Waals surface area (Å²) in [5.41, 5.74) is 20.7. The van der Waals surface area contributed by atoms with Gasteiger partial charge in [-0.25, -0.2) is 0 Å². The van der Waals surface area contributed by atoms with E-state index in [0.29, 0.717) is 77.0 Å². The lowest BCUT2D eigenvalue weighted by Gasteiger charge is -2.36. The molecule has 8 rings (SSSR count). The van der Waals surface area contributed by atoms with Crippen molar-refractivity contribution in [2.75, 3.05) is 65.4 Å². The van der Waals surface area contributed by atoms with Crippen molar-refractivity contribution >= 4 is 140 Å². The van der Waals surface area contributed by atoms with Gasteiger partial charge in [-0.05, 0) is 131 Å². The molecule has 0 spiro atoms. The van der Waals surface area contributed by atoms with E-state index in [2.05, 4.69) is 58.2 Å². The number of aromatic hydroxyl groups is 1. The molecule has 2 aromatic heterocycles. The number of rotatable bonds is 39. The first-order valence-corrected chi connectivity index (χ1v) is 53.2. The number of benzene rings is 3. The molecule has 0 aliphatic carbocycles. The molecule has 16 amide bonds. The largest absolute Gasteiger partial charge is 0.508 e. The predicted molar refractivity (Wildman–Crippen MR) is 556 cm³/mol. The van der Waals surface area contributed by atoms with Gasteiger partial charge >= 0.3 is 5.97 Å². The summed E-state index contributed by atoms with van der Waals surface area (Å²) in [5.74, 6) is -16.4. The fourth-order valence-electron chi connectivity index (χ4n) is 19.1. The van der Waals surface area contributed by atoms with Crippen molar-refractivity contribution in [3.8, 4) is 5.75 Å². The number of aromatic nitrogens is 2. The van der Waals surface area contributed by atoms with E-state index in [-0.39, 0.29) is 119 Å². The Morgan fingerprint density at radius 2 is 1.04 bits per heavy atom. The first-order chi connectivity index (χ1) is 70.1. The van der Waals surface area contributed by atoms with E-state index in [0.717, 1.165) is 97.1 Å². The third-order valence-electron chi connectivity index (χ3n) is 27.4. The van der Waals surface area contributed by atoms with Gasteiger partial charge in [-0.15, -0.1) is 11.8 Å². The molecule has 3 saturated heterocycles. The van der Waals surface area contributed by atoms with Gasteiger partial charge in [-0.1, -0.05) is 180 Å². The lowest BCUT2D eigenvalue weighted by atomic mass is 9.99. The minimum absolute atomic E-state index is 0.00130. The maximum atomic E-state index is 16.1. The van der Waals surface area contributed by atoms with Crippen molar-refractivity contribution in [1.29, 1.82) is 0 Å². The topological polar surface area (TPSA) is 603 Å². The normalized spacial score (nSPS) is 23.8. The number of fused-ring (bicyclic) bond motifs is 4. The number of carboxylic acids is 1. The van der Waals surface area contributed by atoms with Gasteiger partial charge in [-0.2, -0.15) is 0 Å². The van der Waals surface area contributed by atoms with Crippen LogP contribution in [0.3, 0.4) is 0 Å². The van der Waals surface area contributed by atoms with Gasteiger partial charge < -0.3 is 125 Å². The number of nitrogens with one attached hydrogen (secondary N) is 11. The quantitative estimate of drug-likeness (QED) is 0.0248. The highest BCUT2D eigenvalue weighted by Gasteiger charge is 2.47. The van der Waals surface area contributed by atoms with E-state index in [1.54, 1.807) is 75.5 Å². The minimum Gasteiger partial charge on any atom is -0.508 e. The Labute approximate surface area is 865 Å². The molecule has 41 nitrogen and oxygen atoms in total. The summed E-state index contributed by atoms with van der Waals surface area (Å²) >= 11 is 0.919. The van der Waals surface area contributed by atoms with Gasteiger partial charge in [0.2, 0.25) is 94.5 Å². The Hall–Kier alpha value is -12.6. The number of aromatic amines is 1. The number of carboxylic acid groups (broad SMARTS) is 1. The highest BCUT2D eigenvalue weighted by molar-refractivity contribution is 8.00. The number of carbonyl (C=O) groups excluding carboxylic acids is 17. The molecule has 3 aromatic carbocycles. The van der Waals surface area contributed by atoms with Crippen LogP contribution in [0, 0.1) is 11.8 Å². The highest BCUT2D eigenvalue weighted by Crippen LogP contribution is 2.30. The molecule has 810 valence electrons. The standard InChI is InChI=1S/C105H158N20O21S/c1-12-14-37-85-98(139)113-76(49-63(3)4)95(136)119-83(93(134)109-47-31-25-23-21-19-17-16-18-20-22-24-26-33-65(7)126)61-147-62-90(130)111-79(51-67-41-43-70(127)44-42-67)101(142)120(9)66(8)92(133)115-81(55-89(108)129)103(144)124-48-32-40-86(124)99(140)118-82(56-107)97(138)116-78(50-64(5)6)104(145)125-59-71(128)54-88(125)100(141)114-77(52-68-57-110-74-36-29-27-34-72(68)74)96(137)112-75(45-46-106)94(135)117-80(102(143)122(11)87(38-15-13-2)105(146)121(85)10)53-69-58-123(60-91(131)132)84-39-30-28-35-73(69)84/h27-30,34-36,39,41-44,57-58,63-64,66,71,75-83,85-88,110,127-128H,12-26,31-33,37-38,40,45-56,59-62,106-107H2,1-11H3,(H2,108,129)(H,109,134)(H,111,130)(H,112,137)(H,113,139)(H,114,141)(H,115,133)(H,116,138)(H,117,135)(H,118,140)(H,119,136)(H,131,132)/t66-,71+,75-,76-,77-,78-,79-,80-,81-,82-,83-,85-,86-,87-,88+/m0/s1. The highest BCUT2D eigenvalue weighted by atomic mass is 32.2. The SMILES string of the molecule is CCCC[C@H]1C(=O)N(C)[C@@H](CCCC)C(=O)N[C@@H](CC(C)C)C(=O)N[C@H](C(=O)NCCCCCCCCCCCCCCC(C)=O)CSCC(=O)N[C@@H](Cc2ccc(O)cc2)C(=O)N(C)[C@@H](C)C(=O)N[C@@H](CC(N)=O)C(=O)N2CCC[C@H]2C(=O)N[C@@H](CN)C(=O)N[C@@H](CC(C)C)C(=O)N2C[C@H](O)C[C@@H]2C(=O)N[C@@H](Cc2c[nH]c3ccccc23)C(=O)N[C@@H](CCN)C(=O)N[C@@H](Cc2cn(CC(=O)O)c3ccccc23)C(=O)N1C. The van der Waals surface area contributed by atoms with E-state index in [1.807, 2.05) is 27.7 Å². The monoisotopic (exact) mass is 2070 g/mol. The van der Waals surface area contributed by atoms with Crippen LogP contribution in [-0.2, 0) is 112 Å². The second kappa shape index (κ2) is 60.0. The van der Waals surface area contributed by atoms with E-state index in [9.17, 15) is 58.5 Å². The number of ketones is 1. The van der Waals surface area contributed by atoms with Crippen LogP contribution in [0.4, 0.5) is 0 Å². The molecule has 20 N–H and O–H groups in total. The lowest BCUT2D eigenvalue weighted by molar-refractivity contribution is -0.149. The third-order valence-corrected chi connectivity index (χ3v) is 28.4. The van der Waals surface area contributed by atoms with Crippen molar-refractivity contribution in [2.24, 2.45) is 29.0 Å². The number of aliphatic hydroxyl groups is 1. The zero-order valence-electron chi connectivity index (χ0n) is 87.1. The fraction of sp³-hybridized carbons (Fsp3) is 0.619. The maximum Gasteiger partial charge on any atom is 0.323 e. The minimum atomic E-state index is -1.75. The summed E-state index contributed by atoms with van der Waals surface area (Å²) in [7, 11) is 4.04. The molecule has 147 heavy (non-hydrogen) atoms. The smallest absolute Gasteiger partial charge is 0.323 e. The molecule has 3 aliphatic rings. The van der Waals surface area contributed by atoms with Crippen LogP contribution in [0.25, 0.3) is 21.8 Å². The Bertz CT molecular complexity index is 5300. The molecule has 5 aromatic rings. The number of nitrogens with two attached hydrogens (primary N) is 3. The molecule has 5 heterocycles. The maximum absolute atomic E-state index is 16.1. The number of thioether (sulfide) groups is 1. The summed E-state index contributed by atoms with van der Waals surface area (Å²) in [6, 6.07) is -1.38. The number of hydrogen-bond acceptors (Lipinski definition) is 23. The number of unbranched alkanes of at least 4 members (excludes halogenated alkanes) is 13. The van der Waals surface area contributed by atoms with E-state index < -0.39 is 223 Å². The molecule has 15 atom stereocenters. The second-order valence-electron chi connectivity index (χ2n) is 40.1. The van der Waals surface area contributed by atoms with E-state index in [4.69, 9.17) is 17.2 Å². The Balaban J connectivity index is 1.18. The molecule has 0 radical (unpaired) electrons. The molecule has 42 heteroatoms. The number of likely N-dealkylation sites (N-methyl/N-ethyl adjacent to an activating group) is 3. The number of H-pyrrole nitrogens is 1. The Kier molecular flexibility index (Phi) is 48.9. The molecule has 3 fully saturated rings. The second-order valence-corrected chi connectivity index (χ2v) is 41.1. The average molecular weight is 2070 g/mol. The summed E-state index contributed by atoms with van der Waals surface area (Å²) < 4.78 is 1.46. The van der Waals surface area contributed by atoms with Crippen LogP contribution >= 0.6 is 11.8 Å². The molecular weight excluding hydrogens is 1910 g/mol. The molecule has 3 aliphatic heterocycles. The summed E-state index contributed by atoms with van der Waals surface area (Å²) in [6.45, 7) is 12.1. The predicted octanol–water partition coefficient (Wildman–Crippen LogP) is 3.94. The third kappa shape index (κ3) is 36.5. The number of aliphatic hydroxyl groups excluding tert-OH is 1. The summed E-state index contributed by atoms with van der Waals surface area (Å²) in [6.07, 6.45) is 13.7. The number of primary amides is 1. The van der Waals surface area contributed by atoms with Crippen LogP contribution < -0.4 is 70.4 Å². The van der Waals surface area contributed by atoms with Crippen LogP contribution in [-0.4, -0.2) is 312 Å². The van der Waals surface area contributed by atoms with Crippen molar-refractivity contribution in [3.05, 3.63) is 102 Å². The summed E-state index contributed by atoms with van der Waals surface area (Å²) in [5, 5.41) is 60.9. The number of carbonyl (C=O) groups is 18. The van der Waals surface area contributed by atoms with Gasteiger partial charge in [-0.3, -0.25) is 81.5 Å². The van der Waals surface area contributed by atoms with Crippen molar-refractivity contribution < 1.29 is 102 Å². The Morgan fingerprint density at radius 1 is 0.517 bits per heavy atom. The number of aliphatic carboxylic acids is 1. The first-order valence-electron chi connectivity index (χ1n) is 52.0. The lowest BCUT2D eigenvalue weighted by Crippen LogP contribution is -2.62. The number of phenolic OH excluding ortho intramolecular Hbond substituents is 1. The number of para-hydroxylation sites is 2. The van der Waals surface area contributed by atoms with Gasteiger partial charge in [0.15, 0.2) is 0 Å². The Morgan fingerprint density at radius 3 is 1.67 bits per heavy atom. The number of phenols is 1. The fourth-order valence-corrected chi connectivity index (χ4v) is 20.0. The van der Waals surface area contributed by atoms with Crippen molar-refractivity contribution in [3.63, 3.8) is 0 Å². The summed E-state index contributed by atoms with van der Waals surface area (Å²) in [4.78, 5) is 273. The van der Waals surface area contributed by atoms with Crippen LogP contribution in [0.15, 0.2) is 85.2 Å². The number of hydrogen-bond donors (Lipinski definition) is 17.